The molecule has 0 spiro atoms. The van der Waals surface area contributed by atoms with E-state index in [0.717, 1.165) is 49.1 Å². The predicted molar refractivity (Wildman–Crippen MR) is 94.5 cm³/mol. The van der Waals surface area contributed by atoms with Crippen LogP contribution in [0.1, 0.15) is 55.1 Å². The van der Waals surface area contributed by atoms with Crippen LogP contribution in [0.5, 0.6) is 0 Å². The first kappa shape index (κ1) is 15.8. The maximum absolute atomic E-state index is 12.9. The molecule has 7 heteroatoms. The fourth-order valence-electron chi connectivity index (χ4n) is 4.88. The van der Waals surface area contributed by atoms with E-state index < -0.39 is 0 Å². The van der Waals surface area contributed by atoms with Crippen LogP contribution in [0, 0.1) is 6.92 Å². The number of carbonyl (C=O) groups excluding carboxylic acids is 2. The van der Waals surface area contributed by atoms with E-state index in [4.69, 9.17) is 0 Å². The molecule has 2 amide bonds. The highest BCUT2D eigenvalue weighted by Crippen LogP contribution is 2.43. The van der Waals surface area contributed by atoms with Crippen molar-refractivity contribution in [3.63, 3.8) is 0 Å². The minimum atomic E-state index is 0.104. The molecule has 2 aromatic heterocycles. The highest BCUT2D eigenvalue weighted by atomic mass is 16.2. The second-order valence-corrected chi connectivity index (χ2v) is 7.70. The number of likely N-dealkylation sites (tertiary alicyclic amines) is 1. The topological polar surface area (TPSA) is 70.8 Å². The van der Waals surface area contributed by atoms with E-state index in [2.05, 4.69) is 15.0 Å². The molecule has 2 aromatic rings. The van der Waals surface area contributed by atoms with E-state index >= 15 is 0 Å². The largest absolute Gasteiger partial charge is 0.342 e. The number of hydrogen-bond donors (Lipinski definition) is 0. The SMILES string of the molecule is Cc1cc2ncc3c(n2n1)C[C@H]1CC[C@H]3N1C(=O)CCN1CCCC1=O. The molecule has 0 radical (unpaired) electrons. The Kier molecular flexibility index (Phi) is 3.52. The third kappa shape index (κ3) is 2.33. The van der Waals surface area contributed by atoms with Gasteiger partial charge in [-0.1, -0.05) is 0 Å². The first-order valence-corrected chi connectivity index (χ1v) is 9.55. The Hall–Kier alpha value is -2.44. The second-order valence-electron chi connectivity index (χ2n) is 7.70. The molecule has 2 bridgehead atoms. The molecule has 2 atom stereocenters. The summed E-state index contributed by atoms with van der Waals surface area (Å²) in [5.41, 5.74) is 4.19. The summed E-state index contributed by atoms with van der Waals surface area (Å²) in [5.74, 6) is 0.352. The van der Waals surface area contributed by atoms with Gasteiger partial charge in [0, 0.05) is 56.2 Å². The van der Waals surface area contributed by atoms with Gasteiger partial charge in [-0.25, -0.2) is 9.50 Å². The molecule has 0 aliphatic carbocycles. The zero-order valence-electron chi connectivity index (χ0n) is 15.0. The Morgan fingerprint density at radius 3 is 3.04 bits per heavy atom. The Morgan fingerprint density at radius 1 is 1.35 bits per heavy atom. The van der Waals surface area contributed by atoms with Gasteiger partial charge in [-0.05, 0) is 26.2 Å². The summed E-state index contributed by atoms with van der Waals surface area (Å²) in [5, 5.41) is 4.60. The number of rotatable bonds is 3. The lowest BCUT2D eigenvalue weighted by atomic mass is 9.98. The van der Waals surface area contributed by atoms with Crippen molar-refractivity contribution >= 4 is 17.5 Å². The van der Waals surface area contributed by atoms with Crippen LogP contribution in [0.4, 0.5) is 0 Å². The molecule has 2 saturated heterocycles. The van der Waals surface area contributed by atoms with Crippen LogP contribution >= 0.6 is 0 Å². The van der Waals surface area contributed by atoms with Gasteiger partial charge in [0.1, 0.15) is 0 Å². The summed E-state index contributed by atoms with van der Waals surface area (Å²) in [6, 6.07) is 2.34. The van der Waals surface area contributed by atoms with Gasteiger partial charge in [0.2, 0.25) is 11.8 Å². The first-order valence-electron chi connectivity index (χ1n) is 9.55. The third-order valence-corrected chi connectivity index (χ3v) is 6.08. The number of carbonyl (C=O) groups is 2. The van der Waals surface area contributed by atoms with Gasteiger partial charge in [0.05, 0.1) is 17.4 Å². The van der Waals surface area contributed by atoms with Gasteiger partial charge in [-0.3, -0.25) is 9.59 Å². The molecule has 3 aliphatic heterocycles. The van der Waals surface area contributed by atoms with E-state index in [9.17, 15) is 9.59 Å². The monoisotopic (exact) mass is 353 g/mol. The summed E-state index contributed by atoms with van der Waals surface area (Å²) in [7, 11) is 0. The van der Waals surface area contributed by atoms with Crippen LogP contribution in [-0.2, 0) is 16.0 Å². The number of amides is 2. The first-order chi connectivity index (χ1) is 12.6. The van der Waals surface area contributed by atoms with Crippen molar-refractivity contribution in [1.29, 1.82) is 0 Å². The maximum atomic E-state index is 12.9. The van der Waals surface area contributed by atoms with Crippen molar-refractivity contribution in [2.75, 3.05) is 13.1 Å². The fraction of sp³-hybridized carbons (Fsp3) is 0.579. The molecule has 3 aliphatic rings. The normalized spacial score (nSPS) is 24.6. The van der Waals surface area contributed by atoms with E-state index in [0.29, 0.717) is 19.4 Å². The Bertz CT molecular complexity index is 905. The summed E-state index contributed by atoms with van der Waals surface area (Å²) in [4.78, 5) is 33.2. The lowest BCUT2D eigenvalue weighted by molar-refractivity contribution is -0.135. The summed E-state index contributed by atoms with van der Waals surface area (Å²) < 4.78 is 1.96. The van der Waals surface area contributed by atoms with E-state index in [1.165, 1.54) is 5.69 Å². The van der Waals surface area contributed by atoms with Crippen molar-refractivity contribution in [3.05, 3.63) is 29.2 Å². The van der Waals surface area contributed by atoms with Gasteiger partial charge in [-0.2, -0.15) is 5.10 Å². The highest BCUT2D eigenvalue weighted by molar-refractivity contribution is 5.81. The van der Waals surface area contributed by atoms with Gasteiger partial charge < -0.3 is 9.80 Å². The molecule has 0 saturated carbocycles. The Morgan fingerprint density at radius 2 is 2.23 bits per heavy atom. The van der Waals surface area contributed by atoms with E-state index in [1.807, 2.05) is 28.6 Å². The van der Waals surface area contributed by atoms with Gasteiger partial charge in [0.25, 0.3) is 0 Å². The number of aryl methyl sites for hydroxylation is 1. The number of nitrogens with zero attached hydrogens (tertiary/aromatic N) is 5. The van der Waals surface area contributed by atoms with E-state index in [-0.39, 0.29) is 23.9 Å². The molecule has 2 fully saturated rings. The lowest BCUT2D eigenvalue weighted by Crippen LogP contribution is -2.44. The van der Waals surface area contributed by atoms with Crippen LogP contribution in [0.2, 0.25) is 0 Å². The van der Waals surface area contributed by atoms with Gasteiger partial charge in [-0.15, -0.1) is 0 Å². The van der Waals surface area contributed by atoms with Crippen LogP contribution in [0.15, 0.2) is 12.3 Å². The van der Waals surface area contributed by atoms with Crippen molar-refractivity contribution in [2.45, 2.75) is 57.5 Å². The summed E-state index contributed by atoms with van der Waals surface area (Å²) in [6.45, 7) is 3.33. The van der Waals surface area contributed by atoms with Crippen LogP contribution in [0.25, 0.3) is 5.65 Å². The maximum Gasteiger partial charge on any atom is 0.225 e. The molecule has 26 heavy (non-hydrogen) atoms. The zero-order valence-corrected chi connectivity index (χ0v) is 15.0. The second kappa shape index (κ2) is 5.79. The van der Waals surface area contributed by atoms with Crippen molar-refractivity contribution in [2.24, 2.45) is 0 Å². The predicted octanol–water partition coefficient (Wildman–Crippen LogP) is 1.64. The molecule has 0 unspecified atom stereocenters. The molecule has 0 aromatic carbocycles. The lowest BCUT2D eigenvalue weighted by Gasteiger charge is -2.36. The average Bonchev–Trinajstić information content (AvgIpc) is 3.29. The highest BCUT2D eigenvalue weighted by Gasteiger charge is 2.43. The van der Waals surface area contributed by atoms with Crippen LogP contribution in [-0.4, -0.2) is 55.3 Å². The quantitative estimate of drug-likeness (QED) is 0.841. The number of fused-ring (bicyclic) bond motifs is 6. The molecule has 0 N–H and O–H groups in total. The summed E-state index contributed by atoms with van der Waals surface area (Å²) >= 11 is 0. The molecular weight excluding hydrogens is 330 g/mol. The van der Waals surface area contributed by atoms with Crippen LogP contribution in [0.3, 0.4) is 0 Å². The van der Waals surface area contributed by atoms with Crippen LogP contribution < -0.4 is 0 Å². The minimum absolute atomic E-state index is 0.104. The van der Waals surface area contributed by atoms with Crippen molar-refractivity contribution < 1.29 is 9.59 Å². The third-order valence-electron chi connectivity index (χ3n) is 6.08. The number of aromatic nitrogens is 3. The van der Waals surface area contributed by atoms with Gasteiger partial charge in [0.15, 0.2) is 5.65 Å². The van der Waals surface area contributed by atoms with Gasteiger partial charge >= 0.3 is 0 Å². The molecular formula is C19H23N5O2. The fourth-order valence-corrected chi connectivity index (χ4v) is 4.88. The minimum Gasteiger partial charge on any atom is -0.342 e. The standard InChI is InChI=1S/C19H23N5O2/c1-12-9-17-20-11-14-15-5-4-13(10-16(14)24(17)21-12)23(15)19(26)6-8-22-7-2-3-18(22)25/h9,11,13,15H,2-8,10H2,1H3/t13-,15-/m1/s1. The Balaban J connectivity index is 1.39. The Labute approximate surface area is 152 Å². The number of hydrogen-bond acceptors (Lipinski definition) is 4. The van der Waals surface area contributed by atoms with Crippen molar-refractivity contribution in [3.8, 4) is 0 Å². The smallest absolute Gasteiger partial charge is 0.225 e. The van der Waals surface area contributed by atoms with Crippen molar-refractivity contribution in [1.82, 2.24) is 24.4 Å². The molecule has 136 valence electrons. The molecule has 5 rings (SSSR count). The molecule has 5 heterocycles. The average molecular weight is 353 g/mol. The van der Waals surface area contributed by atoms with E-state index in [1.54, 1.807) is 0 Å². The zero-order chi connectivity index (χ0) is 17.8. The summed E-state index contributed by atoms with van der Waals surface area (Å²) in [6.07, 6.45) is 6.74. The molecule has 7 nitrogen and oxygen atoms in total.